The van der Waals surface area contributed by atoms with Crippen LogP contribution in [0.15, 0.2) is 48.8 Å². The number of amides is 1. The van der Waals surface area contributed by atoms with E-state index in [1.807, 2.05) is 12.1 Å². The summed E-state index contributed by atoms with van der Waals surface area (Å²) in [6.45, 7) is 0.425. The average molecular weight is 346 g/mol. The van der Waals surface area contributed by atoms with Gasteiger partial charge in [-0.25, -0.2) is 8.42 Å². The molecule has 1 aliphatic rings. The van der Waals surface area contributed by atoms with Crippen LogP contribution in [0.25, 0.3) is 0 Å². The van der Waals surface area contributed by atoms with E-state index >= 15 is 0 Å². The topological polar surface area (TPSA) is 85.4 Å². The first-order valence-electron chi connectivity index (χ1n) is 7.65. The minimum atomic E-state index is -3.00. The molecule has 1 atom stereocenters. The quantitative estimate of drug-likeness (QED) is 0.888. The van der Waals surface area contributed by atoms with Gasteiger partial charge >= 0.3 is 0 Å². The molecule has 0 spiro atoms. The second-order valence-electron chi connectivity index (χ2n) is 5.74. The highest BCUT2D eigenvalue weighted by molar-refractivity contribution is 7.91. The molecule has 126 valence electrons. The zero-order valence-corrected chi connectivity index (χ0v) is 13.8. The number of hydrogen-bond donors (Lipinski definition) is 1. The Morgan fingerprint density at radius 1 is 1.17 bits per heavy atom. The lowest BCUT2D eigenvalue weighted by Gasteiger charge is -2.11. The lowest BCUT2D eigenvalue weighted by molar-refractivity contribution is 0.0941. The summed E-state index contributed by atoms with van der Waals surface area (Å²) >= 11 is 0. The van der Waals surface area contributed by atoms with Crippen LogP contribution in [0.5, 0.6) is 5.75 Å². The van der Waals surface area contributed by atoms with Crippen LogP contribution in [0.4, 0.5) is 0 Å². The number of benzene rings is 1. The molecule has 7 heteroatoms. The Hall–Kier alpha value is -2.41. The van der Waals surface area contributed by atoms with E-state index < -0.39 is 9.84 Å². The summed E-state index contributed by atoms with van der Waals surface area (Å²) < 4.78 is 28.5. The first-order valence-corrected chi connectivity index (χ1v) is 9.47. The Morgan fingerprint density at radius 3 is 2.50 bits per heavy atom. The Kier molecular flexibility index (Phi) is 4.80. The monoisotopic (exact) mass is 346 g/mol. The predicted molar refractivity (Wildman–Crippen MR) is 89.5 cm³/mol. The van der Waals surface area contributed by atoms with Crippen molar-refractivity contribution in [3.63, 3.8) is 0 Å². The van der Waals surface area contributed by atoms with Crippen molar-refractivity contribution in [2.24, 2.45) is 0 Å². The van der Waals surface area contributed by atoms with Crippen LogP contribution in [0, 0.1) is 0 Å². The van der Waals surface area contributed by atoms with Crippen molar-refractivity contribution in [3.8, 4) is 5.75 Å². The van der Waals surface area contributed by atoms with Gasteiger partial charge in [0.1, 0.15) is 12.4 Å². The van der Waals surface area contributed by atoms with E-state index in [4.69, 9.17) is 4.74 Å². The van der Waals surface area contributed by atoms with Crippen LogP contribution in [-0.2, 0) is 16.4 Å². The van der Waals surface area contributed by atoms with Crippen LogP contribution in [-0.4, -0.2) is 36.9 Å². The maximum Gasteiger partial charge on any atom is 0.251 e. The Morgan fingerprint density at radius 2 is 1.88 bits per heavy atom. The molecule has 1 aliphatic heterocycles. The Balaban J connectivity index is 1.55. The molecule has 0 bridgehead atoms. The molecule has 0 radical (unpaired) electrons. The highest BCUT2D eigenvalue weighted by Gasteiger charge is 2.29. The minimum absolute atomic E-state index is 0.0197. The molecular weight excluding hydrogens is 328 g/mol. The van der Waals surface area contributed by atoms with Gasteiger partial charge in [-0.3, -0.25) is 9.78 Å². The van der Waals surface area contributed by atoms with Gasteiger partial charge in [0.2, 0.25) is 0 Å². The van der Waals surface area contributed by atoms with Gasteiger partial charge in [0.25, 0.3) is 5.91 Å². The van der Waals surface area contributed by atoms with Gasteiger partial charge in [-0.05, 0) is 48.4 Å². The lowest BCUT2D eigenvalue weighted by atomic mass is 10.2. The van der Waals surface area contributed by atoms with Crippen LogP contribution >= 0.6 is 0 Å². The fraction of sp³-hybridized carbons (Fsp3) is 0.294. The maximum atomic E-state index is 12.1. The summed E-state index contributed by atoms with van der Waals surface area (Å²) in [5.74, 6) is 0.551. The van der Waals surface area contributed by atoms with E-state index in [1.54, 1.807) is 36.7 Å². The van der Waals surface area contributed by atoms with Crippen molar-refractivity contribution >= 4 is 15.7 Å². The molecule has 0 saturated carbocycles. The van der Waals surface area contributed by atoms with Gasteiger partial charge < -0.3 is 10.1 Å². The summed E-state index contributed by atoms with van der Waals surface area (Å²) in [6.07, 6.45) is 3.88. The standard InChI is InChI=1S/C17H18N2O4S/c20-17(19-15-7-10-24(21,22)12-15)14-1-3-16(4-2-14)23-11-13-5-8-18-9-6-13/h1-6,8-9,15H,7,10-12H2,(H,19,20)/t15-/m1/s1. The van der Waals surface area contributed by atoms with Gasteiger partial charge in [-0.2, -0.15) is 0 Å². The zero-order valence-electron chi connectivity index (χ0n) is 13.0. The smallest absolute Gasteiger partial charge is 0.251 e. The zero-order chi connectivity index (χ0) is 17.0. The molecular formula is C17H18N2O4S. The van der Waals surface area contributed by atoms with E-state index in [0.29, 0.717) is 24.3 Å². The number of carbonyl (C=O) groups is 1. The number of pyridine rings is 1. The molecule has 24 heavy (non-hydrogen) atoms. The van der Waals surface area contributed by atoms with E-state index in [9.17, 15) is 13.2 Å². The van der Waals surface area contributed by atoms with Crippen molar-refractivity contribution in [1.29, 1.82) is 0 Å². The van der Waals surface area contributed by atoms with Crippen LogP contribution in [0.1, 0.15) is 22.3 Å². The fourth-order valence-corrected chi connectivity index (χ4v) is 4.20. The highest BCUT2D eigenvalue weighted by Crippen LogP contribution is 2.16. The average Bonchev–Trinajstić information content (AvgIpc) is 2.93. The van der Waals surface area contributed by atoms with Crippen molar-refractivity contribution in [3.05, 3.63) is 59.9 Å². The SMILES string of the molecule is O=C(N[C@@H]1CCS(=O)(=O)C1)c1ccc(OCc2ccncc2)cc1. The number of hydrogen-bond acceptors (Lipinski definition) is 5. The Labute approximate surface area is 140 Å². The molecule has 1 aromatic carbocycles. The number of ether oxygens (including phenoxy) is 1. The van der Waals surface area contributed by atoms with E-state index in [1.165, 1.54) is 0 Å². The summed E-state index contributed by atoms with van der Waals surface area (Å²) in [4.78, 5) is 16.1. The largest absolute Gasteiger partial charge is 0.489 e. The molecule has 0 unspecified atom stereocenters. The third kappa shape index (κ3) is 4.32. The van der Waals surface area contributed by atoms with Gasteiger partial charge in [-0.15, -0.1) is 0 Å². The summed E-state index contributed by atoms with van der Waals surface area (Å²) in [5.41, 5.74) is 1.49. The molecule has 1 saturated heterocycles. The molecule has 1 aromatic heterocycles. The first-order chi connectivity index (χ1) is 11.5. The third-order valence-electron chi connectivity index (χ3n) is 3.84. The van der Waals surface area contributed by atoms with Crippen LogP contribution in [0.2, 0.25) is 0 Å². The van der Waals surface area contributed by atoms with Gasteiger partial charge in [0, 0.05) is 24.0 Å². The summed E-state index contributed by atoms with van der Waals surface area (Å²) in [5, 5.41) is 2.76. The lowest BCUT2D eigenvalue weighted by Crippen LogP contribution is -2.35. The summed E-state index contributed by atoms with van der Waals surface area (Å²) in [7, 11) is -3.00. The van der Waals surface area contributed by atoms with E-state index in [-0.39, 0.29) is 23.5 Å². The van der Waals surface area contributed by atoms with E-state index in [2.05, 4.69) is 10.3 Å². The molecule has 2 heterocycles. The highest BCUT2D eigenvalue weighted by atomic mass is 32.2. The molecule has 3 rings (SSSR count). The van der Waals surface area contributed by atoms with Crippen molar-refractivity contribution < 1.29 is 17.9 Å². The molecule has 1 amide bonds. The van der Waals surface area contributed by atoms with Crippen molar-refractivity contribution in [1.82, 2.24) is 10.3 Å². The van der Waals surface area contributed by atoms with Crippen molar-refractivity contribution in [2.75, 3.05) is 11.5 Å². The molecule has 2 aromatic rings. The predicted octanol–water partition coefficient (Wildman–Crippen LogP) is 1.58. The normalized spacial score (nSPS) is 18.9. The van der Waals surface area contributed by atoms with Crippen LogP contribution < -0.4 is 10.1 Å². The number of aromatic nitrogens is 1. The number of nitrogens with one attached hydrogen (secondary N) is 1. The molecule has 0 aliphatic carbocycles. The van der Waals surface area contributed by atoms with Gasteiger partial charge in [-0.1, -0.05) is 0 Å². The number of nitrogens with zero attached hydrogens (tertiary/aromatic N) is 1. The second-order valence-corrected chi connectivity index (χ2v) is 7.97. The second kappa shape index (κ2) is 7.00. The number of sulfone groups is 1. The van der Waals surface area contributed by atoms with Gasteiger partial charge in [0.05, 0.1) is 11.5 Å². The first kappa shape index (κ1) is 16.4. The van der Waals surface area contributed by atoms with Gasteiger partial charge in [0.15, 0.2) is 9.84 Å². The summed E-state index contributed by atoms with van der Waals surface area (Å²) in [6, 6.07) is 10.2. The molecule has 1 fully saturated rings. The van der Waals surface area contributed by atoms with E-state index in [0.717, 1.165) is 5.56 Å². The number of carbonyl (C=O) groups excluding carboxylic acids is 1. The Bertz CT molecular complexity index is 804. The van der Waals surface area contributed by atoms with Crippen LogP contribution in [0.3, 0.4) is 0 Å². The molecule has 1 N–H and O–H groups in total. The molecule has 6 nitrogen and oxygen atoms in total. The van der Waals surface area contributed by atoms with Crippen molar-refractivity contribution in [2.45, 2.75) is 19.1 Å². The minimum Gasteiger partial charge on any atom is -0.489 e. The number of rotatable bonds is 5. The third-order valence-corrected chi connectivity index (χ3v) is 5.61. The fourth-order valence-electron chi connectivity index (χ4n) is 2.53. The maximum absolute atomic E-state index is 12.1.